The van der Waals surface area contributed by atoms with Gasteiger partial charge in [0.05, 0.1) is 39.5 Å². The largest absolute Gasteiger partial charge is 0.308 e. The third-order valence-corrected chi connectivity index (χ3v) is 4.74. The van der Waals surface area contributed by atoms with Gasteiger partial charge in [-0.1, -0.05) is 36.4 Å². The Morgan fingerprint density at radius 1 is 0.875 bits per heavy atom. The number of halogens is 2. The molecule has 0 saturated heterocycles. The summed E-state index contributed by atoms with van der Waals surface area (Å²) in [4.78, 5) is 0. The quantitative estimate of drug-likeness (QED) is 0.443. The molecule has 24 heavy (non-hydrogen) atoms. The summed E-state index contributed by atoms with van der Waals surface area (Å²) >= 11 is 0. The molecule has 0 radical (unpaired) electrons. The predicted molar refractivity (Wildman–Crippen MR) is 88.5 cm³/mol. The van der Waals surface area contributed by atoms with E-state index < -0.39 is 5.92 Å². The number of nitrogens with zero attached hydrogens (tertiary/aromatic N) is 2. The second kappa shape index (κ2) is 4.21. The maximum absolute atomic E-state index is 15.2. The molecule has 3 aromatic carbocycles. The van der Waals surface area contributed by atoms with Crippen molar-refractivity contribution in [3.63, 3.8) is 0 Å². The van der Waals surface area contributed by atoms with Crippen LogP contribution in [0.2, 0.25) is 0 Å². The normalized spacial score (nSPS) is 14.5. The van der Waals surface area contributed by atoms with Crippen LogP contribution in [-0.4, -0.2) is 4.57 Å². The van der Waals surface area contributed by atoms with E-state index in [0.29, 0.717) is 11.2 Å². The van der Waals surface area contributed by atoms with Gasteiger partial charge in [-0.05, 0) is 24.3 Å². The lowest BCUT2D eigenvalue weighted by Gasteiger charge is -2.28. The molecular formula is C20H10F2N2. The summed E-state index contributed by atoms with van der Waals surface area (Å²) in [7, 11) is 0. The van der Waals surface area contributed by atoms with Gasteiger partial charge >= 0.3 is 5.92 Å². The molecule has 0 bridgehead atoms. The molecule has 0 fully saturated rings. The van der Waals surface area contributed by atoms with E-state index in [-0.39, 0.29) is 16.7 Å². The van der Waals surface area contributed by atoms with E-state index in [1.165, 1.54) is 12.1 Å². The zero-order valence-corrected chi connectivity index (χ0v) is 12.4. The van der Waals surface area contributed by atoms with Crippen molar-refractivity contribution in [1.29, 1.82) is 5.26 Å². The van der Waals surface area contributed by atoms with Gasteiger partial charge in [-0.25, -0.2) is 0 Å². The smallest absolute Gasteiger partial charge is 0.302 e. The molecular weight excluding hydrogens is 306 g/mol. The number of fused-ring (bicyclic) bond motifs is 5. The second-order valence-electron chi connectivity index (χ2n) is 5.97. The van der Waals surface area contributed by atoms with Crippen LogP contribution in [0.1, 0.15) is 16.7 Å². The number of rotatable bonds is 0. The lowest BCUT2D eigenvalue weighted by atomic mass is 9.92. The molecule has 0 unspecified atom stereocenters. The van der Waals surface area contributed by atoms with Crippen LogP contribution in [0, 0.1) is 11.3 Å². The molecule has 2 heterocycles. The van der Waals surface area contributed by atoms with E-state index in [1.54, 1.807) is 18.2 Å². The Morgan fingerprint density at radius 3 is 2.50 bits per heavy atom. The number of benzene rings is 3. The highest BCUT2D eigenvalue weighted by Crippen LogP contribution is 2.49. The van der Waals surface area contributed by atoms with Gasteiger partial charge in [0.2, 0.25) is 0 Å². The molecule has 2 nitrogen and oxygen atoms in total. The van der Waals surface area contributed by atoms with E-state index in [0.717, 1.165) is 16.3 Å². The standard InChI is InChI=1S/C20H10F2N2/c21-20(22)15-6-3-5-14-13-4-1-2-7-17(13)24(19(14)15)18-9-8-12(11-23)10-16(18)20/h1-10H. The first-order chi connectivity index (χ1) is 11.6. The summed E-state index contributed by atoms with van der Waals surface area (Å²) in [6, 6.07) is 19.2. The van der Waals surface area contributed by atoms with Crippen molar-refractivity contribution in [2.45, 2.75) is 5.92 Å². The van der Waals surface area contributed by atoms with Gasteiger partial charge in [-0.2, -0.15) is 14.0 Å². The van der Waals surface area contributed by atoms with Crippen LogP contribution in [0.25, 0.3) is 27.5 Å². The lowest BCUT2D eigenvalue weighted by Crippen LogP contribution is -2.23. The third-order valence-electron chi connectivity index (χ3n) is 4.74. The SMILES string of the molecule is N#Cc1ccc2c(c1)C(F)(F)c1cccc3c4ccccc4n-2c13. The number of aromatic nitrogens is 1. The van der Waals surface area contributed by atoms with E-state index in [2.05, 4.69) is 0 Å². The van der Waals surface area contributed by atoms with Crippen molar-refractivity contribution in [3.05, 3.63) is 77.4 Å². The molecule has 1 aliphatic rings. The average molecular weight is 316 g/mol. The average Bonchev–Trinajstić information content (AvgIpc) is 2.95. The number of nitriles is 1. The third kappa shape index (κ3) is 1.42. The van der Waals surface area contributed by atoms with Gasteiger partial charge in [0.1, 0.15) is 0 Å². The van der Waals surface area contributed by atoms with Crippen molar-refractivity contribution in [3.8, 4) is 11.8 Å². The van der Waals surface area contributed by atoms with Crippen LogP contribution in [0.15, 0.2) is 60.7 Å². The summed E-state index contributed by atoms with van der Waals surface area (Å²) in [6.45, 7) is 0. The fraction of sp³-hybridized carbons (Fsp3) is 0.0500. The maximum atomic E-state index is 15.2. The van der Waals surface area contributed by atoms with E-state index >= 15 is 8.78 Å². The molecule has 0 aliphatic carbocycles. The van der Waals surface area contributed by atoms with Gasteiger partial charge in [0, 0.05) is 10.8 Å². The minimum absolute atomic E-state index is 0.0150. The monoisotopic (exact) mass is 316 g/mol. The van der Waals surface area contributed by atoms with Crippen molar-refractivity contribution in [2.75, 3.05) is 0 Å². The first kappa shape index (κ1) is 13.3. The molecule has 5 rings (SSSR count). The minimum Gasteiger partial charge on any atom is -0.308 e. The summed E-state index contributed by atoms with van der Waals surface area (Å²) in [5.74, 6) is -3.13. The zero-order chi connectivity index (χ0) is 16.5. The van der Waals surface area contributed by atoms with Gasteiger partial charge in [-0.15, -0.1) is 0 Å². The molecule has 1 aromatic heterocycles. The van der Waals surface area contributed by atoms with Crippen LogP contribution in [-0.2, 0) is 5.92 Å². The number of para-hydroxylation sites is 2. The molecule has 0 atom stereocenters. The van der Waals surface area contributed by atoms with Gasteiger partial charge in [0.25, 0.3) is 0 Å². The minimum atomic E-state index is -3.13. The Kier molecular flexibility index (Phi) is 2.33. The molecule has 114 valence electrons. The highest BCUT2D eigenvalue weighted by Gasteiger charge is 2.43. The lowest BCUT2D eigenvalue weighted by molar-refractivity contribution is 0.0426. The Bertz CT molecular complexity index is 1200. The maximum Gasteiger partial charge on any atom is 0.302 e. The van der Waals surface area contributed by atoms with Crippen molar-refractivity contribution >= 4 is 21.8 Å². The highest BCUT2D eigenvalue weighted by molar-refractivity contribution is 6.11. The second-order valence-corrected chi connectivity index (χ2v) is 5.97. The molecule has 0 saturated carbocycles. The van der Waals surface area contributed by atoms with Crippen LogP contribution in [0.5, 0.6) is 0 Å². The van der Waals surface area contributed by atoms with Gasteiger partial charge in [0.15, 0.2) is 0 Å². The Labute approximate surface area is 136 Å². The van der Waals surface area contributed by atoms with E-state index in [9.17, 15) is 0 Å². The van der Waals surface area contributed by atoms with Crippen molar-refractivity contribution in [2.24, 2.45) is 0 Å². The van der Waals surface area contributed by atoms with Crippen LogP contribution in [0.3, 0.4) is 0 Å². The molecule has 4 heteroatoms. The Balaban J connectivity index is 2.09. The van der Waals surface area contributed by atoms with Gasteiger partial charge < -0.3 is 4.57 Å². The summed E-state index contributed by atoms with van der Waals surface area (Å²) in [5.41, 5.74) is 1.97. The van der Waals surface area contributed by atoms with Gasteiger partial charge in [-0.3, -0.25) is 0 Å². The molecule has 4 aromatic rings. The number of alkyl halides is 2. The fourth-order valence-electron chi connectivity index (χ4n) is 3.72. The first-order valence-corrected chi connectivity index (χ1v) is 7.58. The summed E-state index contributed by atoms with van der Waals surface area (Å²) < 4.78 is 32.2. The van der Waals surface area contributed by atoms with E-state index in [4.69, 9.17) is 5.26 Å². The van der Waals surface area contributed by atoms with Crippen molar-refractivity contribution in [1.82, 2.24) is 4.57 Å². The summed E-state index contributed by atoms with van der Waals surface area (Å²) in [5, 5.41) is 10.9. The zero-order valence-electron chi connectivity index (χ0n) is 12.4. The highest BCUT2D eigenvalue weighted by atomic mass is 19.3. The number of hydrogen-bond acceptors (Lipinski definition) is 1. The molecule has 0 amide bonds. The molecule has 0 N–H and O–H groups in total. The van der Waals surface area contributed by atoms with Crippen LogP contribution >= 0.6 is 0 Å². The van der Waals surface area contributed by atoms with Crippen LogP contribution in [0.4, 0.5) is 8.78 Å². The molecule has 0 spiro atoms. The van der Waals surface area contributed by atoms with Crippen molar-refractivity contribution < 1.29 is 8.78 Å². The Morgan fingerprint density at radius 2 is 1.67 bits per heavy atom. The van der Waals surface area contributed by atoms with Crippen LogP contribution < -0.4 is 0 Å². The predicted octanol–water partition coefficient (Wildman–Crippen LogP) is 5.11. The Hall–Kier alpha value is -3.19. The topological polar surface area (TPSA) is 28.7 Å². The van der Waals surface area contributed by atoms with E-state index in [1.807, 2.05) is 41.0 Å². The molecule has 1 aliphatic heterocycles. The first-order valence-electron chi connectivity index (χ1n) is 7.58. The number of hydrogen-bond donors (Lipinski definition) is 0. The summed E-state index contributed by atoms with van der Waals surface area (Å²) in [6.07, 6.45) is 0. The fourth-order valence-corrected chi connectivity index (χ4v) is 3.72.